The van der Waals surface area contributed by atoms with Gasteiger partial charge >= 0.3 is 5.97 Å². The summed E-state index contributed by atoms with van der Waals surface area (Å²) in [6.45, 7) is 2.33. The molecule has 0 saturated carbocycles. The maximum absolute atomic E-state index is 14.0. The molecule has 0 radical (unpaired) electrons. The molecule has 2 heterocycles. The molecule has 3 rings (SSSR count). The average Bonchev–Trinajstić information content (AvgIpc) is 3.22. The molecule has 1 amide bonds. The number of rotatable bonds is 4. The summed E-state index contributed by atoms with van der Waals surface area (Å²) in [6, 6.07) is 6.13. The van der Waals surface area contributed by atoms with Gasteiger partial charge in [-0.05, 0) is 18.6 Å². The number of carbonyl (C=O) groups excluding carboxylic acids is 1. The number of carboxylic acids is 1. The van der Waals surface area contributed by atoms with E-state index in [0.29, 0.717) is 25.2 Å². The van der Waals surface area contributed by atoms with E-state index in [2.05, 4.69) is 10.1 Å². The van der Waals surface area contributed by atoms with Gasteiger partial charge in [-0.2, -0.15) is 0 Å². The molecule has 8 heteroatoms. The fraction of sp³-hybridized carbons (Fsp3) is 0.375. The minimum absolute atomic E-state index is 0.0406. The Morgan fingerprint density at radius 2 is 2.12 bits per heavy atom. The number of benzene rings is 1. The molecular weight excluding hydrogens is 315 g/mol. The molecule has 0 spiro atoms. The molecule has 1 fully saturated rings. The first kappa shape index (κ1) is 16.1. The molecule has 1 unspecified atom stereocenters. The number of likely N-dealkylation sites (tertiary alicyclic amines) is 1. The van der Waals surface area contributed by atoms with Crippen LogP contribution in [-0.4, -0.2) is 49.7 Å². The highest BCUT2D eigenvalue weighted by Crippen LogP contribution is 2.19. The van der Waals surface area contributed by atoms with Gasteiger partial charge in [0.15, 0.2) is 0 Å². The molecule has 1 atom stereocenters. The van der Waals surface area contributed by atoms with Gasteiger partial charge in [-0.1, -0.05) is 19.1 Å². The average molecular weight is 332 g/mol. The zero-order chi connectivity index (χ0) is 17.3. The third-order valence-corrected chi connectivity index (χ3v) is 4.09. The van der Waals surface area contributed by atoms with Crippen molar-refractivity contribution in [3.8, 4) is 5.69 Å². The van der Waals surface area contributed by atoms with Crippen molar-refractivity contribution >= 4 is 11.9 Å². The smallest absolute Gasteiger partial charge is 0.308 e. The van der Waals surface area contributed by atoms with Crippen LogP contribution in [0.4, 0.5) is 4.39 Å². The number of para-hydroxylation sites is 1. The van der Waals surface area contributed by atoms with E-state index in [1.807, 2.05) is 6.92 Å². The van der Waals surface area contributed by atoms with Gasteiger partial charge in [0.05, 0.1) is 5.92 Å². The van der Waals surface area contributed by atoms with Gasteiger partial charge < -0.3 is 10.0 Å². The Morgan fingerprint density at radius 3 is 2.75 bits per heavy atom. The summed E-state index contributed by atoms with van der Waals surface area (Å²) >= 11 is 0. The van der Waals surface area contributed by atoms with E-state index < -0.39 is 23.6 Å². The largest absolute Gasteiger partial charge is 0.481 e. The summed E-state index contributed by atoms with van der Waals surface area (Å²) in [4.78, 5) is 29.2. The minimum Gasteiger partial charge on any atom is -0.481 e. The second-order valence-corrected chi connectivity index (χ2v) is 5.64. The standard InChI is InChI=1S/C16H17FN4O3/c1-2-13-18-14(15(22)20-8-7-10(9-20)16(23)24)19-21(13)12-6-4-3-5-11(12)17/h3-6,10H,2,7-9H2,1H3,(H,23,24). The summed E-state index contributed by atoms with van der Waals surface area (Å²) in [6.07, 6.45) is 0.891. The number of hydrogen-bond donors (Lipinski definition) is 1. The maximum Gasteiger partial charge on any atom is 0.308 e. The van der Waals surface area contributed by atoms with Gasteiger partial charge in [0.2, 0.25) is 5.82 Å². The van der Waals surface area contributed by atoms with Crippen LogP contribution in [0.25, 0.3) is 5.69 Å². The molecule has 24 heavy (non-hydrogen) atoms. The van der Waals surface area contributed by atoms with E-state index in [1.54, 1.807) is 18.2 Å². The van der Waals surface area contributed by atoms with Crippen LogP contribution in [0.2, 0.25) is 0 Å². The molecule has 0 aliphatic carbocycles. The third kappa shape index (κ3) is 2.86. The van der Waals surface area contributed by atoms with Crippen molar-refractivity contribution < 1.29 is 19.1 Å². The minimum atomic E-state index is -0.913. The number of hydrogen-bond acceptors (Lipinski definition) is 4. The number of carbonyl (C=O) groups is 2. The van der Waals surface area contributed by atoms with E-state index in [0.717, 1.165) is 0 Å². The number of nitrogens with zero attached hydrogens (tertiary/aromatic N) is 4. The topological polar surface area (TPSA) is 88.3 Å². The van der Waals surface area contributed by atoms with Gasteiger partial charge in [-0.25, -0.2) is 14.1 Å². The Labute approximate surface area is 137 Å². The number of carboxylic acid groups (broad SMARTS) is 1. The normalized spacial score (nSPS) is 17.2. The van der Waals surface area contributed by atoms with Gasteiger partial charge in [-0.15, -0.1) is 5.10 Å². The quantitative estimate of drug-likeness (QED) is 0.917. The van der Waals surface area contributed by atoms with Crippen molar-refractivity contribution in [2.24, 2.45) is 5.92 Å². The molecule has 1 aliphatic heterocycles. The van der Waals surface area contributed by atoms with E-state index in [-0.39, 0.29) is 18.1 Å². The van der Waals surface area contributed by atoms with Crippen molar-refractivity contribution in [1.82, 2.24) is 19.7 Å². The Hall–Kier alpha value is -2.77. The third-order valence-electron chi connectivity index (χ3n) is 4.09. The highest BCUT2D eigenvalue weighted by Gasteiger charge is 2.33. The van der Waals surface area contributed by atoms with Crippen molar-refractivity contribution in [3.63, 3.8) is 0 Å². The lowest BCUT2D eigenvalue weighted by Gasteiger charge is -2.13. The fourth-order valence-electron chi connectivity index (χ4n) is 2.77. The number of aliphatic carboxylic acids is 1. The van der Waals surface area contributed by atoms with E-state index >= 15 is 0 Å². The predicted molar refractivity (Wildman–Crippen MR) is 82.3 cm³/mol. The van der Waals surface area contributed by atoms with Crippen LogP contribution in [0.1, 0.15) is 29.8 Å². The Bertz CT molecular complexity index is 789. The van der Waals surface area contributed by atoms with Crippen molar-refractivity contribution in [1.29, 1.82) is 0 Å². The maximum atomic E-state index is 14.0. The second-order valence-electron chi connectivity index (χ2n) is 5.64. The number of halogens is 1. The van der Waals surface area contributed by atoms with Crippen LogP contribution >= 0.6 is 0 Å². The Balaban J connectivity index is 1.89. The Morgan fingerprint density at radius 1 is 1.38 bits per heavy atom. The molecule has 7 nitrogen and oxygen atoms in total. The van der Waals surface area contributed by atoms with Crippen molar-refractivity contribution in [2.75, 3.05) is 13.1 Å². The fourth-order valence-corrected chi connectivity index (χ4v) is 2.77. The molecular formula is C16H17FN4O3. The number of aromatic nitrogens is 3. The second kappa shape index (κ2) is 6.38. The lowest BCUT2D eigenvalue weighted by Crippen LogP contribution is -2.30. The molecule has 1 aromatic heterocycles. The van der Waals surface area contributed by atoms with Crippen LogP contribution in [0.15, 0.2) is 24.3 Å². The first-order valence-corrected chi connectivity index (χ1v) is 7.74. The summed E-state index contributed by atoms with van der Waals surface area (Å²) in [5, 5.41) is 13.2. The van der Waals surface area contributed by atoms with Gasteiger partial charge in [0.25, 0.3) is 5.91 Å². The molecule has 1 aliphatic rings. The predicted octanol–water partition coefficient (Wildman–Crippen LogP) is 1.52. The van der Waals surface area contributed by atoms with Crippen LogP contribution < -0.4 is 0 Å². The first-order chi connectivity index (χ1) is 11.5. The molecule has 0 bridgehead atoms. The summed E-state index contributed by atoms with van der Waals surface area (Å²) in [7, 11) is 0. The highest BCUT2D eigenvalue weighted by atomic mass is 19.1. The molecule has 126 valence electrons. The van der Waals surface area contributed by atoms with Gasteiger partial charge in [0, 0.05) is 19.5 Å². The number of aryl methyl sites for hydroxylation is 1. The highest BCUT2D eigenvalue weighted by molar-refractivity contribution is 5.91. The van der Waals surface area contributed by atoms with Crippen molar-refractivity contribution in [2.45, 2.75) is 19.8 Å². The Kier molecular flexibility index (Phi) is 4.28. The first-order valence-electron chi connectivity index (χ1n) is 7.74. The van der Waals surface area contributed by atoms with Gasteiger partial charge in [-0.3, -0.25) is 9.59 Å². The van der Waals surface area contributed by atoms with E-state index in [9.17, 15) is 14.0 Å². The molecule has 1 N–H and O–H groups in total. The zero-order valence-electron chi connectivity index (χ0n) is 13.1. The lowest BCUT2D eigenvalue weighted by molar-refractivity contribution is -0.141. The van der Waals surface area contributed by atoms with E-state index in [1.165, 1.54) is 15.6 Å². The summed E-state index contributed by atoms with van der Waals surface area (Å²) < 4.78 is 15.3. The summed E-state index contributed by atoms with van der Waals surface area (Å²) in [5.74, 6) is -1.93. The molecule has 1 aromatic carbocycles. The molecule has 2 aromatic rings. The molecule has 1 saturated heterocycles. The number of amides is 1. The van der Waals surface area contributed by atoms with Crippen LogP contribution in [0.3, 0.4) is 0 Å². The van der Waals surface area contributed by atoms with E-state index in [4.69, 9.17) is 5.11 Å². The van der Waals surface area contributed by atoms with Crippen LogP contribution in [0, 0.1) is 11.7 Å². The zero-order valence-corrected chi connectivity index (χ0v) is 13.1. The van der Waals surface area contributed by atoms with Gasteiger partial charge in [0.1, 0.15) is 17.3 Å². The lowest BCUT2D eigenvalue weighted by atomic mass is 10.1. The van der Waals surface area contributed by atoms with Crippen LogP contribution in [0.5, 0.6) is 0 Å². The summed E-state index contributed by atoms with van der Waals surface area (Å²) in [5.41, 5.74) is 0.228. The van der Waals surface area contributed by atoms with Crippen LogP contribution in [-0.2, 0) is 11.2 Å². The SMILES string of the molecule is CCc1nc(C(=O)N2CCC(C(=O)O)C2)nn1-c1ccccc1F. The monoisotopic (exact) mass is 332 g/mol. The van der Waals surface area contributed by atoms with Crippen molar-refractivity contribution in [3.05, 3.63) is 41.7 Å².